The van der Waals surface area contributed by atoms with Crippen LogP contribution in [0.4, 0.5) is 0 Å². The molecule has 0 unspecified atom stereocenters. The summed E-state index contributed by atoms with van der Waals surface area (Å²) in [5.74, 6) is -0.137. The molecule has 8 nitrogen and oxygen atoms in total. The number of carbonyl (C=O) groups is 1. The van der Waals surface area contributed by atoms with Gasteiger partial charge < -0.3 is 19.2 Å². The number of fused-ring (bicyclic) bond motifs is 5. The molecule has 4 aromatic rings. The highest BCUT2D eigenvalue weighted by Gasteiger charge is 2.45. The van der Waals surface area contributed by atoms with Gasteiger partial charge in [0, 0.05) is 22.1 Å². The lowest BCUT2D eigenvalue weighted by Gasteiger charge is -2.31. The maximum absolute atomic E-state index is 13.5. The molecule has 8 heteroatoms. The molecule has 2 aliphatic heterocycles. The van der Waals surface area contributed by atoms with Crippen LogP contribution in [0, 0.1) is 0 Å². The molecule has 0 amide bonds. The molecule has 4 heterocycles. The zero-order valence-corrected chi connectivity index (χ0v) is 18.9. The summed E-state index contributed by atoms with van der Waals surface area (Å²) in [6.45, 7) is 1.79. The summed E-state index contributed by atoms with van der Waals surface area (Å²) in [4.78, 5) is 36.3. The van der Waals surface area contributed by atoms with Crippen LogP contribution < -0.4 is 10.4 Å². The number of hydrogen-bond donors (Lipinski definition) is 1. The molecule has 0 bridgehead atoms. The second kappa shape index (κ2) is 7.89. The number of aromatic nitrogens is 2. The monoisotopic (exact) mass is 467 g/mol. The Morgan fingerprint density at radius 2 is 1.91 bits per heavy atom. The number of carbonyl (C=O) groups excluding carboxylic acids is 1. The fraction of sp³-hybridized carbons (Fsp3) is 0.185. The lowest BCUT2D eigenvalue weighted by Crippen LogP contribution is -2.44. The van der Waals surface area contributed by atoms with Gasteiger partial charge in [0.15, 0.2) is 11.4 Å². The summed E-state index contributed by atoms with van der Waals surface area (Å²) < 4.78 is 6.77. The third kappa shape index (κ3) is 3.18. The van der Waals surface area contributed by atoms with Crippen LogP contribution in [0.1, 0.15) is 35.6 Å². The fourth-order valence-electron chi connectivity index (χ4n) is 4.83. The molecule has 1 atom stereocenters. The first-order valence-electron chi connectivity index (χ1n) is 11.4. The van der Waals surface area contributed by atoms with Crippen LogP contribution >= 0.6 is 0 Å². The van der Waals surface area contributed by atoms with Gasteiger partial charge in [-0.15, -0.1) is 0 Å². The Labute approximate surface area is 200 Å². The average molecular weight is 467 g/mol. The number of pyridine rings is 2. The van der Waals surface area contributed by atoms with E-state index in [0.29, 0.717) is 17.1 Å². The fourth-order valence-corrected chi connectivity index (χ4v) is 4.83. The van der Waals surface area contributed by atoms with Crippen molar-refractivity contribution in [2.45, 2.75) is 32.1 Å². The number of oxime groups is 1. The topological polar surface area (TPSA) is 103 Å². The Morgan fingerprint density at radius 1 is 1.14 bits per heavy atom. The van der Waals surface area contributed by atoms with E-state index in [2.05, 4.69) is 5.16 Å². The molecule has 0 aliphatic carbocycles. The highest BCUT2D eigenvalue weighted by atomic mass is 16.6. The summed E-state index contributed by atoms with van der Waals surface area (Å²) >= 11 is 0. The summed E-state index contributed by atoms with van der Waals surface area (Å²) in [7, 11) is 0. The molecule has 2 aliphatic rings. The third-order valence-corrected chi connectivity index (χ3v) is 6.72. The van der Waals surface area contributed by atoms with E-state index in [1.165, 1.54) is 0 Å². The van der Waals surface area contributed by atoms with Gasteiger partial charge in [-0.3, -0.25) is 4.79 Å². The van der Waals surface area contributed by atoms with E-state index in [1.807, 2.05) is 54.6 Å². The van der Waals surface area contributed by atoms with E-state index in [1.54, 1.807) is 23.8 Å². The van der Waals surface area contributed by atoms with Crippen molar-refractivity contribution in [3.8, 4) is 17.1 Å². The first-order chi connectivity index (χ1) is 17.0. The van der Waals surface area contributed by atoms with Gasteiger partial charge in [-0.2, -0.15) is 0 Å². The molecule has 174 valence electrons. The number of ether oxygens (including phenoxy) is 1. The summed E-state index contributed by atoms with van der Waals surface area (Å²) in [5, 5.41) is 16.2. The van der Waals surface area contributed by atoms with Crippen molar-refractivity contribution in [3.05, 3.63) is 93.3 Å². The van der Waals surface area contributed by atoms with Crippen LogP contribution in [0.15, 0.2) is 70.6 Å². The summed E-state index contributed by atoms with van der Waals surface area (Å²) in [6, 6.07) is 18.6. The van der Waals surface area contributed by atoms with Crippen LogP contribution in [0.5, 0.6) is 5.75 Å². The number of nitrogens with zero attached hydrogens (tertiary/aromatic N) is 3. The van der Waals surface area contributed by atoms with Crippen molar-refractivity contribution in [3.63, 3.8) is 0 Å². The first-order valence-corrected chi connectivity index (χ1v) is 11.4. The molecule has 6 rings (SSSR count). The second-order valence-electron chi connectivity index (χ2n) is 8.61. The smallest absolute Gasteiger partial charge is 0.343 e. The van der Waals surface area contributed by atoms with Crippen molar-refractivity contribution in [2.24, 2.45) is 5.16 Å². The Kier molecular flexibility index (Phi) is 4.79. The highest BCUT2D eigenvalue weighted by Crippen LogP contribution is 2.39. The Morgan fingerprint density at radius 3 is 2.71 bits per heavy atom. The second-order valence-corrected chi connectivity index (χ2v) is 8.61. The van der Waals surface area contributed by atoms with E-state index < -0.39 is 11.6 Å². The predicted molar refractivity (Wildman–Crippen MR) is 129 cm³/mol. The molecule has 0 fully saturated rings. The Balaban J connectivity index is 1.54. The molecular weight excluding hydrogens is 446 g/mol. The van der Waals surface area contributed by atoms with E-state index in [9.17, 15) is 14.7 Å². The Bertz CT molecular complexity index is 1590. The molecule has 35 heavy (non-hydrogen) atoms. The normalized spacial score (nSPS) is 18.3. The van der Waals surface area contributed by atoms with Gasteiger partial charge in [0.1, 0.15) is 6.61 Å². The third-order valence-electron chi connectivity index (χ3n) is 6.72. The van der Waals surface area contributed by atoms with Crippen molar-refractivity contribution in [1.82, 2.24) is 9.55 Å². The molecule has 1 N–H and O–H groups in total. The molecule has 0 spiro atoms. The number of rotatable bonds is 4. The molecule has 0 saturated heterocycles. The van der Waals surface area contributed by atoms with E-state index in [4.69, 9.17) is 14.6 Å². The number of cyclic esters (lactones) is 1. The van der Waals surface area contributed by atoms with Crippen molar-refractivity contribution >= 4 is 23.1 Å². The average Bonchev–Trinajstić information content (AvgIpc) is 3.25. The standard InChI is InChI=1S/C27H21N3O5/c1-2-27(33)21-12-23-24-19(14-30(23)25(31)20(21)15-34-26(27)32)18(17-10-6-7-11-22(17)29-24)13-28-35-16-8-4-3-5-9-16/h3-13,33H,2,14-15H2,1H3/t27-/m0/s1. The van der Waals surface area contributed by atoms with Crippen molar-refractivity contribution in [1.29, 1.82) is 0 Å². The minimum absolute atomic E-state index is 0.0917. The highest BCUT2D eigenvalue weighted by molar-refractivity contribution is 6.02. The van der Waals surface area contributed by atoms with Gasteiger partial charge in [0.2, 0.25) is 0 Å². The van der Waals surface area contributed by atoms with Crippen LogP contribution in [0.3, 0.4) is 0 Å². The summed E-state index contributed by atoms with van der Waals surface area (Å²) in [5.41, 5.74) is 1.91. The molecule has 2 aromatic heterocycles. The zero-order chi connectivity index (χ0) is 24.2. The van der Waals surface area contributed by atoms with Gasteiger partial charge in [0.25, 0.3) is 5.56 Å². The van der Waals surface area contributed by atoms with E-state index >= 15 is 0 Å². The summed E-state index contributed by atoms with van der Waals surface area (Å²) in [6.07, 6.45) is 1.73. The van der Waals surface area contributed by atoms with Crippen LogP contribution in [0.2, 0.25) is 0 Å². The van der Waals surface area contributed by atoms with Crippen LogP contribution in [-0.2, 0) is 28.3 Å². The van der Waals surface area contributed by atoms with Gasteiger partial charge in [-0.05, 0) is 30.7 Å². The lowest BCUT2D eigenvalue weighted by atomic mass is 9.86. The van der Waals surface area contributed by atoms with E-state index in [0.717, 1.165) is 22.0 Å². The predicted octanol–water partition coefficient (Wildman–Crippen LogP) is 3.49. The van der Waals surface area contributed by atoms with Crippen LogP contribution in [0.25, 0.3) is 22.3 Å². The number of benzene rings is 2. The molecular formula is C27H21N3O5. The first kappa shape index (κ1) is 21.2. The Hall–Kier alpha value is -4.30. The molecule has 0 radical (unpaired) electrons. The van der Waals surface area contributed by atoms with E-state index in [-0.39, 0.29) is 36.3 Å². The zero-order valence-electron chi connectivity index (χ0n) is 18.9. The number of aliphatic hydroxyl groups is 1. The van der Waals surface area contributed by atoms with Crippen molar-refractivity contribution < 1.29 is 19.5 Å². The quantitative estimate of drug-likeness (QED) is 0.247. The minimum atomic E-state index is -1.87. The largest absolute Gasteiger partial charge is 0.458 e. The number of para-hydroxylation sites is 2. The number of esters is 1. The SMILES string of the molecule is CC[C@@]1(O)C(=O)OCc2c1cc1n(c2=O)Cc2c-1nc1ccccc1c2C=NOc1ccccc1. The number of hydrogen-bond acceptors (Lipinski definition) is 7. The molecule has 0 saturated carbocycles. The lowest BCUT2D eigenvalue weighted by molar-refractivity contribution is -0.172. The van der Waals surface area contributed by atoms with Gasteiger partial charge >= 0.3 is 5.97 Å². The van der Waals surface area contributed by atoms with Gasteiger partial charge in [-0.25, -0.2) is 9.78 Å². The van der Waals surface area contributed by atoms with Gasteiger partial charge in [-0.1, -0.05) is 48.5 Å². The maximum atomic E-state index is 13.5. The van der Waals surface area contributed by atoms with Crippen LogP contribution in [-0.4, -0.2) is 26.8 Å². The minimum Gasteiger partial charge on any atom is -0.458 e. The maximum Gasteiger partial charge on any atom is 0.343 e. The van der Waals surface area contributed by atoms with Gasteiger partial charge in [0.05, 0.1) is 35.2 Å². The molecule has 2 aromatic carbocycles. The van der Waals surface area contributed by atoms with Crippen molar-refractivity contribution in [2.75, 3.05) is 0 Å².